The van der Waals surface area contributed by atoms with Crippen LogP contribution in [-0.4, -0.2) is 4.40 Å². The highest BCUT2D eigenvalue weighted by molar-refractivity contribution is 6.22. The number of benzene rings is 5. The van der Waals surface area contributed by atoms with Crippen molar-refractivity contribution in [1.82, 2.24) is 4.40 Å². The predicted octanol–water partition coefficient (Wildman–Crippen LogP) is 8.62. The lowest BCUT2D eigenvalue weighted by Gasteiger charge is -2.42. The van der Waals surface area contributed by atoms with E-state index in [0.717, 1.165) is 0 Å². The van der Waals surface area contributed by atoms with Gasteiger partial charge in [-0.15, -0.1) is 0 Å². The second kappa shape index (κ2) is 7.41. The molecule has 2 nitrogen and oxygen atoms in total. The van der Waals surface area contributed by atoms with Gasteiger partial charge in [-0.1, -0.05) is 91.0 Å². The second-order valence-corrected chi connectivity index (χ2v) is 12.0. The van der Waals surface area contributed by atoms with Gasteiger partial charge in [-0.3, -0.25) is 0 Å². The summed E-state index contributed by atoms with van der Waals surface area (Å²) in [7, 11) is 2.21. The monoisotopic (exact) mass is 523 g/mol. The van der Waals surface area contributed by atoms with Gasteiger partial charge < -0.3 is 4.40 Å². The van der Waals surface area contributed by atoms with Crippen LogP contribution in [0.15, 0.2) is 115 Å². The number of hydrogen-bond acceptors (Lipinski definition) is 0. The molecule has 0 radical (unpaired) electrons. The molecule has 8 aromatic rings. The van der Waals surface area contributed by atoms with Crippen LogP contribution < -0.4 is 4.57 Å². The summed E-state index contributed by atoms with van der Waals surface area (Å²) in [5.41, 5.74) is 18.1. The summed E-state index contributed by atoms with van der Waals surface area (Å²) in [6.45, 7) is 2.32. The molecule has 0 N–H and O–H groups in total. The van der Waals surface area contributed by atoms with Crippen LogP contribution in [0.5, 0.6) is 0 Å². The summed E-state index contributed by atoms with van der Waals surface area (Å²) in [6.07, 6.45) is 2.25. The van der Waals surface area contributed by atoms with Crippen LogP contribution in [0.25, 0.3) is 49.4 Å². The highest BCUT2D eigenvalue weighted by Gasteiger charge is 2.44. The van der Waals surface area contributed by atoms with Gasteiger partial charge in [0.05, 0.1) is 16.4 Å². The van der Waals surface area contributed by atoms with Crippen molar-refractivity contribution in [1.29, 1.82) is 0 Å². The second-order valence-electron chi connectivity index (χ2n) is 12.0. The van der Waals surface area contributed by atoms with Gasteiger partial charge in [0.25, 0.3) is 0 Å². The first kappa shape index (κ1) is 21.8. The summed E-state index contributed by atoms with van der Waals surface area (Å²) in [4.78, 5) is 0. The zero-order valence-electron chi connectivity index (χ0n) is 23.0. The van der Waals surface area contributed by atoms with E-state index in [1.54, 1.807) is 0 Å². The normalized spacial score (nSPS) is 17.0. The molecular formula is C39H27N2+. The van der Waals surface area contributed by atoms with E-state index >= 15 is 0 Å². The first-order valence-corrected chi connectivity index (χ1v) is 14.6. The Morgan fingerprint density at radius 2 is 1.24 bits per heavy atom. The van der Waals surface area contributed by atoms with Crippen molar-refractivity contribution in [2.75, 3.05) is 0 Å². The molecule has 0 spiro atoms. The van der Waals surface area contributed by atoms with Crippen LogP contribution in [0.1, 0.15) is 50.8 Å². The Morgan fingerprint density at radius 1 is 0.585 bits per heavy atom. The fourth-order valence-corrected chi connectivity index (χ4v) is 8.45. The van der Waals surface area contributed by atoms with Crippen LogP contribution in [0.2, 0.25) is 0 Å². The average Bonchev–Trinajstić information content (AvgIpc) is 3.55. The van der Waals surface area contributed by atoms with Crippen molar-refractivity contribution >= 4 is 38.2 Å². The van der Waals surface area contributed by atoms with Crippen LogP contribution in [0, 0.1) is 6.92 Å². The average molecular weight is 524 g/mol. The molecule has 0 saturated carbocycles. The maximum absolute atomic E-state index is 2.61. The van der Waals surface area contributed by atoms with E-state index in [4.69, 9.17) is 0 Å². The minimum atomic E-state index is 0.229. The number of hydrogen-bond donors (Lipinski definition) is 0. The zero-order chi connectivity index (χ0) is 27.0. The number of aromatic nitrogens is 2. The van der Waals surface area contributed by atoms with Crippen molar-refractivity contribution in [3.63, 3.8) is 0 Å². The van der Waals surface area contributed by atoms with E-state index in [1.807, 2.05) is 0 Å². The Labute approximate surface area is 238 Å². The van der Waals surface area contributed by atoms with Gasteiger partial charge >= 0.3 is 0 Å². The lowest BCUT2D eigenvalue weighted by atomic mass is 9.60. The first-order valence-electron chi connectivity index (χ1n) is 14.6. The van der Waals surface area contributed by atoms with Crippen molar-refractivity contribution in [2.45, 2.75) is 18.8 Å². The molecule has 0 amide bonds. The van der Waals surface area contributed by atoms with E-state index in [2.05, 4.69) is 138 Å². The quantitative estimate of drug-likeness (QED) is 0.190. The summed E-state index contributed by atoms with van der Waals surface area (Å²) in [5.74, 6) is 0.498. The van der Waals surface area contributed by atoms with Gasteiger partial charge in [0.2, 0.25) is 5.52 Å². The first-order chi connectivity index (χ1) is 20.2. The van der Waals surface area contributed by atoms with Crippen LogP contribution in [-0.2, 0) is 7.05 Å². The highest BCUT2D eigenvalue weighted by Crippen LogP contribution is 2.58. The molecule has 11 rings (SSSR count). The number of rotatable bonds is 1. The minimum absolute atomic E-state index is 0.229. The van der Waals surface area contributed by atoms with Crippen molar-refractivity contribution in [3.05, 3.63) is 154 Å². The van der Waals surface area contributed by atoms with Crippen molar-refractivity contribution in [3.8, 4) is 11.1 Å². The largest absolute Gasteiger partial charge is 0.302 e. The molecule has 5 aromatic carbocycles. The molecule has 0 aliphatic heterocycles. The number of aryl methyl sites for hydroxylation is 2. The van der Waals surface area contributed by atoms with E-state index in [-0.39, 0.29) is 11.8 Å². The van der Waals surface area contributed by atoms with Crippen LogP contribution >= 0.6 is 0 Å². The molecule has 3 aromatic heterocycles. The maximum atomic E-state index is 2.61. The molecule has 192 valence electrons. The SMILES string of the molecule is Cc1cc2c(c3c1c1c4c(cc[n+]1C)c1cc(-c5ccccc5)ccc1n34)C1c3ccccc3C2c2ccccc21. The van der Waals surface area contributed by atoms with E-state index < -0.39 is 0 Å². The third-order valence-corrected chi connectivity index (χ3v) is 10.0. The van der Waals surface area contributed by atoms with Gasteiger partial charge in [-0.05, 0) is 69.1 Å². The lowest BCUT2D eigenvalue weighted by molar-refractivity contribution is -0.643. The third-order valence-electron chi connectivity index (χ3n) is 10.0. The zero-order valence-corrected chi connectivity index (χ0v) is 23.0. The molecule has 41 heavy (non-hydrogen) atoms. The molecule has 0 fully saturated rings. The molecule has 2 heteroatoms. The molecule has 0 unspecified atom stereocenters. The van der Waals surface area contributed by atoms with E-state index in [0.29, 0.717) is 0 Å². The van der Waals surface area contributed by atoms with Crippen LogP contribution in [0.3, 0.4) is 0 Å². The molecule has 3 heterocycles. The van der Waals surface area contributed by atoms with Gasteiger partial charge in [-0.2, -0.15) is 4.57 Å². The summed E-state index contributed by atoms with van der Waals surface area (Å²) < 4.78 is 4.95. The number of nitrogens with zero attached hydrogens (tertiary/aromatic N) is 2. The smallest absolute Gasteiger partial charge is 0.239 e. The van der Waals surface area contributed by atoms with Crippen molar-refractivity contribution < 1.29 is 4.57 Å². The standard InChI is InChI=1S/C39H27N2/c1-22-20-31-34-25-12-6-8-14-27(25)35(28-15-9-7-13-26(28)34)36(31)38-33(22)39-37-29(18-19-40(39)2)30-21-24(16-17-32(30)41(37)38)23-10-4-3-5-11-23/h3-21,34-35H,1-2H3/q+1. The fourth-order valence-electron chi connectivity index (χ4n) is 8.45. The Hall–Kier alpha value is -4.95. The number of pyridine rings is 1. The Bertz CT molecular complexity index is 2340. The third kappa shape index (κ3) is 2.53. The topological polar surface area (TPSA) is 8.29 Å². The molecule has 0 atom stereocenters. The number of fused-ring (bicyclic) bond motifs is 6. The highest BCUT2D eigenvalue weighted by atomic mass is 15.0. The van der Waals surface area contributed by atoms with Gasteiger partial charge in [0.15, 0.2) is 6.20 Å². The lowest BCUT2D eigenvalue weighted by Crippen LogP contribution is -2.29. The summed E-state index contributed by atoms with van der Waals surface area (Å²) >= 11 is 0. The molecular weight excluding hydrogens is 496 g/mol. The molecule has 0 saturated heterocycles. The van der Waals surface area contributed by atoms with Gasteiger partial charge in [0.1, 0.15) is 12.6 Å². The maximum Gasteiger partial charge on any atom is 0.239 e. The molecule has 3 aliphatic rings. The summed E-state index contributed by atoms with van der Waals surface area (Å²) in [5, 5.41) is 4.05. The fraction of sp³-hybridized carbons (Fsp3) is 0.103. The van der Waals surface area contributed by atoms with Crippen molar-refractivity contribution in [2.24, 2.45) is 7.05 Å². The Kier molecular flexibility index (Phi) is 3.94. The van der Waals surface area contributed by atoms with Crippen LogP contribution in [0.4, 0.5) is 0 Å². The Balaban J connectivity index is 1.41. The molecule has 3 aliphatic carbocycles. The van der Waals surface area contributed by atoms with Gasteiger partial charge in [-0.25, -0.2) is 0 Å². The van der Waals surface area contributed by atoms with E-state index in [9.17, 15) is 0 Å². The molecule has 2 bridgehead atoms. The summed E-state index contributed by atoms with van der Waals surface area (Å²) in [6, 6.07) is 41.0. The minimum Gasteiger partial charge on any atom is -0.302 e. The Morgan fingerprint density at radius 3 is 1.95 bits per heavy atom. The van der Waals surface area contributed by atoms with Gasteiger partial charge in [0, 0.05) is 28.7 Å². The van der Waals surface area contributed by atoms with E-state index in [1.165, 1.54) is 88.3 Å². The predicted molar refractivity (Wildman–Crippen MR) is 167 cm³/mol.